The number of carbonyl (C=O) groups excluding carboxylic acids is 1. The fourth-order valence-corrected chi connectivity index (χ4v) is 1.77. The van der Waals surface area contributed by atoms with Gasteiger partial charge in [-0.1, -0.05) is 24.3 Å². The third-order valence-electron chi connectivity index (χ3n) is 2.82. The average molecular weight is 282 g/mol. The maximum atomic E-state index is 11.6. The van der Waals surface area contributed by atoms with Gasteiger partial charge in [0.1, 0.15) is 5.75 Å². The minimum absolute atomic E-state index is 0.0194. The third kappa shape index (κ3) is 5.10. The summed E-state index contributed by atoms with van der Waals surface area (Å²) < 4.78 is 5.65. The van der Waals surface area contributed by atoms with Gasteiger partial charge in [0.2, 0.25) is 11.8 Å². The number of nitrogens with zero attached hydrogens (tertiary/aromatic N) is 1. The van der Waals surface area contributed by atoms with Crippen molar-refractivity contribution in [2.45, 2.75) is 19.4 Å². The molecule has 0 bridgehead atoms. The van der Waals surface area contributed by atoms with E-state index in [0.717, 1.165) is 5.56 Å². The van der Waals surface area contributed by atoms with Gasteiger partial charge in [-0.15, -0.1) is 6.58 Å². The molecule has 0 unspecified atom stereocenters. The number of nitrogens with one attached hydrogen (secondary N) is 1. The van der Waals surface area contributed by atoms with Gasteiger partial charge in [-0.2, -0.15) is 0 Å². The summed E-state index contributed by atoms with van der Waals surface area (Å²) in [5.74, 6) is 1.27. The van der Waals surface area contributed by atoms with E-state index in [2.05, 4.69) is 16.9 Å². The molecular weight excluding hydrogens is 264 g/mol. The quantitative estimate of drug-likeness (QED) is 0.791. The number of benzene rings is 1. The molecular formula is C17H18N2O2. The molecule has 2 aromatic rings. The lowest BCUT2D eigenvalue weighted by molar-refractivity contribution is -0.121. The topological polar surface area (TPSA) is 51.2 Å². The van der Waals surface area contributed by atoms with Gasteiger partial charge in [-0.25, -0.2) is 4.98 Å². The average Bonchev–Trinajstić information content (AvgIpc) is 2.52. The maximum absolute atomic E-state index is 11.6. The van der Waals surface area contributed by atoms with Crippen molar-refractivity contribution in [2.24, 2.45) is 0 Å². The Balaban J connectivity index is 1.92. The lowest BCUT2D eigenvalue weighted by Gasteiger charge is -2.08. The number of hydrogen-bond donors (Lipinski definition) is 1. The van der Waals surface area contributed by atoms with Crippen LogP contribution in [-0.4, -0.2) is 10.9 Å². The van der Waals surface area contributed by atoms with Crippen LogP contribution in [0.3, 0.4) is 0 Å². The minimum Gasteiger partial charge on any atom is -0.439 e. The number of pyridine rings is 1. The lowest BCUT2D eigenvalue weighted by atomic mass is 10.2. The van der Waals surface area contributed by atoms with E-state index < -0.39 is 0 Å². The molecule has 0 radical (unpaired) electrons. The Kier molecular flexibility index (Phi) is 5.52. The van der Waals surface area contributed by atoms with E-state index in [9.17, 15) is 4.79 Å². The second kappa shape index (κ2) is 7.85. The largest absolute Gasteiger partial charge is 0.439 e. The molecule has 0 aliphatic rings. The van der Waals surface area contributed by atoms with Crippen molar-refractivity contribution >= 4 is 5.91 Å². The van der Waals surface area contributed by atoms with Crippen LogP contribution >= 0.6 is 0 Å². The summed E-state index contributed by atoms with van der Waals surface area (Å²) in [6.45, 7) is 4.08. The van der Waals surface area contributed by atoms with Gasteiger partial charge < -0.3 is 10.1 Å². The highest BCUT2D eigenvalue weighted by molar-refractivity contribution is 5.75. The van der Waals surface area contributed by atoms with Crippen molar-refractivity contribution in [1.29, 1.82) is 0 Å². The third-order valence-corrected chi connectivity index (χ3v) is 2.82. The summed E-state index contributed by atoms with van der Waals surface area (Å²) in [6.07, 6.45) is 4.57. The van der Waals surface area contributed by atoms with E-state index in [1.54, 1.807) is 18.3 Å². The van der Waals surface area contributed by atoms with Crippen molar-refractivity contribution in [3.8, 4) is 11.6 Å². The molecule has 0 aliphatic heterocycles. The summed E-state index contributed by atoms with van der Waals surface area (Å²) >= 11 is 0. The number of aromatic nitrogens is 1. The van der Waals surface area contributed by atoms with Gasteiger partial charge in [0.15, 0.2) is 0 Å². The molecule has 108 valence electrons. The molecule has 1 aromatic carbocycles. The van der Waals surface area contributed by atoms with Crippen molar-refractivity contribution in [2.75, 3.05) is 0 Å². The molecule has 21 heavy (non-hydrogen) atoms. The molecule has 0 atom stereocenters. The van der Waals surface area contributed by atoms with E-state index in [1.807, 2.05) is 36.4 Å². The van der Waals surface area contributed by atoms with Gasteiger partial charge in [0.25, 0.3) is 0 Å². The Morgan fingerprint density at radius 3 is 2.95 bits per heavy atom. The Morgan fingerprint density at radius 2 is 2.19 bits per heavy atom. The predicted octanol–water partition coefficient (Wildman–Crippen LogP) is 3.46. The van der Waals surface area contributed by atoms with Crippen LogP contribution in [0, 0.1) is 0 Å². The Morgan fingerprint density at radius 1 is 1.29 bits per heavy atom. The molecule has 0 fully saturated rings. The van der Waals surface area contributed by atoms with Gasteiger partial charge in [-0.05, 0) is 30.2 Å². The second-order valence-corrected chi connectivity index (χ2v) is 4.52. The zero-order valence-corrected chi connectivity index (χ0v) is 11.8. The highest BCUT2D eigenvalue weighted by Gasteiger charge is 2.02. The number of hydrogen-bond acceptors (Lipinski definition) is 3. The summed E-state index contributed by atoms with van der Waals surface area (Å²) in [4.78, 5) is 15.7. The highest BCUT2D eigenvalue weighted by atomic mass is 16.5. The molecule has 0 saturated carbocycles. The van der Waals surface area contributed by atoms with Crippen LogP contribution in [0.2, 0.25) is 0 Å². The van der Waals surface area contributed by atoms with Gasteiger partial charge >= 0.3 is 0 Å². The first-order valence-corrected chi connectivity index (χ1v) is 6.83. The number of rotatable bonds is 7. The van der Waals surface area contributed by atoms with Crippen LogP contribution in [0.15, 0.2) is 61.3 Å². The van der Waals surface area contributed by atoms with Crippen LogP contribution in [-0.2, 0) is 11.3 Å². The normalized spacial score (nSPS) is 9.90. The molecule has 1 aromatic heterocycles. The Bertz CT molecular complexity index is 597. The summed E-state index contributed by atoms with van der Waals surface area (Å²) in [6, 6.07) is 13.1. The first-order valence-electron chi connectivity index (χ1n) is 6.83. The summed E-state index contributed by atoms with van der Waals surface area (Å²) in [5, 5.41) is 2.87. The van der Waals surface area contributed by atoms with Crippen molar-refractivity contribution in [3.05, 3.63) is 66.9 Å². The Hall–Kier alpha value is -2.62. The molecule has 1 amide bonds. The summed E-state index contributed by atoms with van der Waals surface area (Å²) in [7, 11) is 0. The van der Waals surface area contributed by atoms with E-state index in [1.165, 1.54) is 0 Å². The standard InChI is InChI=1S/C17H18N2O2/c1-2-3-9-16(20)19-13-14-7-6-8-15(12-14)21-17-10-4-5-11-18-17/h2,4-8,10-12H,1,3,9,13H2,(H,19,20). The molecule has 0 spiro atoms. The first kappa shape index (κ1) is 14.8. The monoisotopic (exact) mass is 282 g/mol. The van der Waals surface area contributed by atoms with E-state index in [4.69, 9.17) is 4.74 Å². The minimum atomic E-state index is 0.0194. The van der Waals surface area contributed by atoms with E-state index in [-0.39, 0.29) is 5.91 Å². The predicted molar refractivity (Wildman–Crippen MR) is 82.0 cm³/mol. The van der Waals surface area contributed by atoms with Crippen molar-refractivity contribution < 1.29 is 9.53 Å². The SMILES string of the molecule is C=CCCC(=O)NCc1cccc(Oc2ccccn2)c1. The fraction of sp³-hybridized carbons (Fsp3) is 0.176. The van der Waals surface area contributed by atoms with Crippen molar-refractivity contribution in [3.63, 3.8) is 0 Å². The van der Waals surface area contributed by atoms with E-state index in [0.29, 0.717) is 31.0 Å². The van der Waals surface area contributed by atoms with Crippen LogP contribution < -0.4 is 10.1 Å². The smallest absolute Gasteiger partial charge is 0.220 e. The Labute approximate surface area is 124 Å². The fourth-order valence-electron chi connectivity index (χ4n) is 1.77. The first-order chi connectivity index (χ1) is 10.3. The van der Waals surface area contributed by atoms with Gasteiger partial charge in [0.05, 0.1) is 0 Å². The highest BCUT2D eigenvalue weighted by Crippen LogP contribution is 2.19. The zero-order chi connectivity index (χ0) is 14.9. The van der Waals surface area contributed by atoms with Crippen LogP contribution in [0.25, 0.3) is 0 Å². The second-order valence-electron chi connectivity index (χ2n) is 4.52. The molecule has 4 nitrogen and oxygen atoms in total. The van der Waals surface area contributed by atoms with Crippen molar-refractivity contribution in [1.82, 2.24) is 10.3 Å². The zero-order valence-electron chi connectivity index (χ0n) is 11.8. The molecule has 4 heteroatoms. The van der Waals surface area contributed by atoms with E-state index >= 15 is 0 Å². The number of carbonyl (C=O) groups is 1. The van der Waals surface area contributed by atoms with Gasteiger partial charge in [-0.3, -0.25) is 4.79 Å². The molecule has 0 aliphatic carbocycles. The number of ether oxygens (including phenoxy) is 1. The number of allylic oxidation sites excluding steroid dienone is 1. The van der Waals surface area contributed by atoms with Crippen LogP contribution in [0.5, 0.6) is 11.6 Å². The molecule has 1 N–H and O–H groups in total. The molecule has 1 heterocycles. The maximum Gasteiger partial charge on any atom is 0.220 e. The summed E-state index contributed by atoms with van der Waals surface area (Å²) in [5.41, 5.74) is 0.982. The molecule has 2 rings (SSSR count). The van der Waals surface area contributed by atoms with Crippen LogP contribution in [0.4, 0.5) is 0 Å². The lowest BCUT2D eigenvalue weighted by Crippen LogP contribution is -2.22. The molecule has 0 saturated heterocycles. The number of amides is 1. The van der Waals surface area contributed by atoms with Crippen LogP contribution in [0.1, 0.15) is 18.4 Å². The van der Waals surface area contributed by atoms with Gasteiger partial charge in [0, 0.05) is 25.2 Å².